The summed E-state index contributed by atoms with van der Waals surface area (Å²) in [6.07, 6.45) is 0. The van der Waals surface area contributed by atoms with E-state index in [1.807, 2.05) is 31.2 Å². The minimum Gasteiger partial charge on any atom is -0.507 e. The van der Waals surface area contributed by atoms with Crippen LogP contribution in [0.4, 0.5) is 0 Å². The van der Waals surface area contributed by atoms with Crippen LogP contribution in [0.25, 0.3) is 0 Å². The SMILES string of the molecule is COc1ccc(O)c(C(=O)NC(C)c2ccc(Br)cc2)c1. The number of rotatable bonds is 4. The molecule has 1 atom stereocenters. The summed E-state index contributed by atoms with van der Waals surface area (Å²) in [5.41, 5.74) is 1.17. The van der Waals surface area contributed by atoms with Gasteiger partial charge in [0.05, 0.1) is 18.7 Å². The molecule has 2 aromatic carbocycles. The van der Waals surface area contributed by atoms with Crippen LogP contribution in [0.15, 0.2) is 46.9 Å². The fourth-order valence-corrected chi connectivity index (χ4v) is 2.20. The molecule has 0 aliphatic rings. The first-order valence-electron chi connectivity index (χ1n) is 6.44. The van der Waals surface area contributed by atoms with E-state index < -0.39 is 0 Å². The third kappa shape index (κ3) is 3.76. The molecular weight excluding hydrogens is 334 g/mol. The summed E-state index contributed by atoms with van der Waals surface area (Å²) in [5, 5.41) is 12.7. The van der Waals surface area contributed by atoms with E-state index in [1.54, 1.807) is 6.07 Å². The van der Waals surface area contributed by atoms with Gasteiger partial charge in [0.1, 0.15) is 11.5 Å². The van der Waals surface area contributed by atoms with Crippen LogP contribution in [0.5, 0.6) is 11.5 Å². The van der Waals surface area contributed by atoms with Crippen molar-refractivity contribution in [2.45, 2.75) is 13.0 Å². The summed E-state index contributed by atoms with van der Waals surface area (Å²) in [6.45, 7) is 1.89. The van der Waals surface area contributed by atoms with Crippen LogP contribution < -0.4 is 10.1 Å². The van der Waals surface area contributed by atoms with Crippen LogP contribution in [-0.4, -0.2) is 18.1 Å². The van der Waals surface area contributed by atoms with Gasteiger partial charge in [0.2, 0.25) is 0 Å². The van der Waals surface area contributed by atoms with E-state index in [0.717, 1.165) is 10.0 Å². The molecule has 0 aliphatic heterocycles. The number of ether oxygens (including phenoxy) is 1. The lowest BCUT2D eigenvalue weighted by Crippen LogP contribution is -2.26. The zero-order chi connectivity index (χ0) is 15.4. The summed E-state index contributed by atoms with van der Waals surface area (Å²) in [7, 11) is 1.51. The average molecular weight is 350 g/mol. The van der Waals surface area contributed by atoms with Gasteiger partial charge < -0.3 is 15.2 Å². The van der Waals surface area contributed by atoms with Crippen LogP contribution >= 0.6 is 15.9 Å². The lowest BCUT2D eigenvalue weighted by molar-refractivity contribution is 0.0937. The minimum absolute atomic E-state index is 0.0729. The smallest absolute Gasteiger partial charge is 0.255 e. The summed E-state index contributed by atoms with van der Waals surface area (Å²) >= 11 is 3.37. The van der Waals surface area contributed by atoms with E-state index in [-0.39, 0.29) is 23.3 Å². The number of halogens is 1. The highest BCUT2D eigenvalue weighted by molar-refractivity contribution is 9.10. The molecule has 0 saturated heterocycles. The van der Waals surface area contributed by atoms with Crippen molar-refractivity contribution >= 4 is 21.8 Å². The highest BCUT2D eigenvalue weighted by Crippen LogP contribution is 2.24. The molecule has 1 unspecified atom stereocenters. The highest BCUT2D eigenvalue weighted by atomic mass is 79.9. The fourth-order valence-electron chi connectivity index (χ4n) is 1.93. The molecule has 21 heavy (non-hydrogen) atoms. The summed E-state index contributed by atoms with van der Waals surface area (Å²) in [5.74, 6) is 0.104. The Morgan fingerprint density at radius 1 is 1.24 bits per heavy atom. The van der Waals surface area contributed by atoms with E-state index >= 15 is 0 Å². The number of phenolic OH excluding ortho intramolecular Hbond substituents is 1. The van der Waals surface area contributed by atoms with Crippen molar-refractivity contribution in [3.63, 3.8) is 0 Å². The van der Waals surface area contributed by atoms with E-state index in [9.17, 15) is 9.90 Å². The van der Waals surface area contributed by atoms with Gasteiger partial charge >= 0.3 is 0 Å². The zero-order valence-corrected chi connectivity index (χ0v) is 13.3. The van der Waals surface area contributed by atoms with Crippen LogP contribution in [-0.2, 0) is 0 Å². The summed E-state index contributed by atoms with van der Waals surface area (Å²) in [6, 6.07) is 12.1. The molecule has 110 valence electrons. The fraction of sp³-hybridized carbons (Fsp3) is 0.188. The number of hydrogen-bond donors (Lipinski definition) is 2. The second-order valence-corrected chi connectivity index (χ2v) is 5.55. The van der Waals surface area contributed by atoms with Gasteiger partial charge in [-0.1, -0.05) is 28.1 Å². The Bertz CT molecular complexity index is 640. The van der Waals surface area contributed by atoms with Crippen LogP contribution in [0.3, 0.4) is 0 Å². The number of carbonyl (C=O) groups is 1. The monoisotopic (exact) mass is 349 g/mol. The number of aromatic hydroxyl groups is 1. The molecule has 4 nitrogen and oxygen atoms in total. The maximum atomic E-state index is 12.2. The van der Waals surface area contributed by atoms with Crippen molar-refractivity contribution in [1.82, 2.24) is 5.32 Å². The Balaban J connectivity index is 2.15. The summed E-state index contributed by atoms with van der Waals surface area (Å²) in [4.78, 5) is 12.2. The number of hydrogen-bond acceptors (Lipinski definition) is 3. The molecule has 0 bridgehead atoms. The largest absolute Gasteiger partial charge is 0.507 e. The molecule has 0 heterocycles. The first-order chi connectivity index (χ1) is 10.0. The maximum absolute atomic E-state index is 12.2. The lowest BCUT2D eigenvalue weighted by atomic mass is 10.1. The average Bonchev–Trinajstić information content (AvgIpc) is 2.48. The topological polar surface area (TPSA) is 58.6 Å². The number of nitrogens with one attached hydrogen (secondary N) is 1. The maximum Gasteiger partial charge on any atom is 0.255 e. The lowest BCUT2D eigenvalue weighted by Gasteiger charge is -2.15. The molecule has 2 rings (SSSR count). The third-order valence-corrected chi connectivity index (χ3v) is 3.69. The second kappa shape index (κ2) is 6.63. The van der Waals surface area contributed by atoms with Crippen molar-refractivity contribution in [3.05, 3.63) is 58.1 Å². The number of phenols is 1. The van der Waals surface area contributed by atoms with Crippen molar-refractivity contribution in [2.24, 2.45) is 0 Å². The third-order valence-electron chi connectivity index (χ3n) is 3.17. The Kier molecular flexibility index (Phi) is 4.85. The van der Waals surface area contributed by atoms with Gasteiger partial charge in [0.15, 0.2) is 0 Å². The molecule has 2 N–H and O–H groups in total. The predicted octanol–water partition coefficient (Wildman–Crippen LogP) is 3.65. The highest BCUT2D eigenvalue weighted by Gasteiger charge is 2.15. The van der Waals surface area contributed by atoms with Gasteiger partial charge in [-0.3, -0.25) is 4.79 Å². The van der Waals surface area contributed by atoms with Crippen molar-refractivity contribution in [3.8, 4) is 11.5 Å². The molecule has 0 spiro atoms. The zero-order valence-electron chi connectivity index (χ0n) is 11.8. The molecular formula is C16H16BrNO3. The van der Waals surface area contributed by atoms with Gasteiger partial charge in [-0.05, 0) is 42.8 Å². The van der Waals surface area contributed by atoms with Crippen molar-refractivity contribution < 1.29 is 14.6 Å². The minimum atomic E-state index is -0.346. The Labute approximate surface area is 131 Å². The second-order valence-electron chi connectivity index (χ2n) is 4.63. The van der Waals surface area contributed by atoms with Gasteiger partial charge in [0, 0.05) is 4.47 Å². The molecule has 2 aromatic rings. The molecule has 0 radical (unpaired) electrons. The quantitative estimate of drug-likeness (QED) is 0.885. The number of benzene rings is 2. The van der Waals surface area contributed by atoms with Crippen LogP contribution in [0.1, 0.15) is 28.9 Å². The Morgan fingerprint density at radius 3 is 2.52 bits per heavy atom. The predicted molar refractivity (Wildman–Crippen MR) is 84.7 cm³/mol. The van der Waals surface area contributed by atoms with E-state index in [0.29, 0.717) is 5.75 Å². The summed E-state index contributed by atoms with van der Waals surface area (Å²) < 4.78 is 6.05. The van der Waals surface area contributed by atoms with E-state index in [2.05, 4.69) is 21.2 Å². The molecule has 0 aromatic heterocycles. The normalized spacial score (nSPS) is 11.8. The molecule has 5 heteroatoms. The number of carbonyl (C=O) groups excluding carboxylic acids is 1. The van der Waals surface area contributed by atoms with Crippen LogP contribution in [0.2, 0.25) is 0 Å². The van der Waals surface area contributed by atoms with E-state index in [4.69, 9.17) is 4.74 Å². The first kappa shape index (κ1) is 15.4. The molecule has 0 aliphatic carbocycles. The van der Waals surface area contributed by atoms with Gasteiger partial charge in [-0.25, -0.2) is 0 Å². The first-order valence-corrected chi connectivity index (χ1v) is 7.24. The number of amides is 1. The van der Waals surface area contributed by atoms with E-state index in [1.165, 1.54) is 19.2 Å². The molecule has 1 amide bonds. The standard InChI is InChI=1S/C16H16BrNO3/c1-10(11-3-5-12(17)6-4-11)18-16(20)14-9-13(21-2)7-8-15(14)19/h3-10,19H,1-2H3,(H,18,20). The van der Waals surface area contributed by atoms with Gasteiger partial charge in [-0.2, -0.15) is 0 Å². The Hall–Kier alpha value is -2.01. The van der Waals surface area contributed by atoms with Crippen LogP contribution in [0, 0.1) is 0 Å². The van der Waals surface area contributed by atoms with Crippen molar-refractivity contribution in [2.75, 3.05) is 7.11 Å². The van der Waals surface area contributed by atoms with Crippen molar-refractivity contribution in [1.29, 1.82) is 0 Å². The number of methoxy groups -OCH3 is 1. The molecule has 0 fully saturated rings. The Morgan fingerprint density at radius 2 is 1.90 bits per heavy atom. The van der Waals surface area contributed by atoms with Gasteiger partial charge in [-0.15, -0.1) is 0 Å². The molecule has 0 saturated carbocycles. The van der Waals surface area contributed by atoms with Gasteiger partial charge in [0.25, 0.3) is 5.91 Å².